The summed E-state index contributed by atoms with van der Waals surface area (Å²) in [6.07, 6.45) is 4.52. The second kappa shape index (κ2) is 6.31. The van der Waals surface area contributed by atoms with Crippen molar-refractivity contribution < 1.29 is 13.5 Å². The number of sulfonamides is 1. The Kier molecular flexibility index (Phi) is 5.30. The van der Waals surface area contributed by atoms with Crippen molar-refractivity contribution in [2.24, 2.45) is 0 Å². The Morgan fingerprint density at radius 2 is 2.22 bits per heavy atom. The number of aliphatic hydroxyl groups excluding tert-OH is 1. The minimum absolute atomic E-state index is 0.0406. The molecule has 1 heterocycles. The number of nitrogens with zero attached hydrogens (tertiary/aromatic N) is 3. The summed E-state index contributed by atoms with van der Waals surface area (Å²) in [4.78, 5) is 0.168. The molecule has 0 bridgehead atoms. The summed E-state index contributed by atoms with van der Waals surface area (Å²) >= 11 is 0. The second-order valence-electron chi connectivity index (χ2n) is 4.32. The van der Waals surface area contributed by atoms with Crippen LogP contribution in [0.4, 0.5) is 0 Å². The van der Waals surface area contributed by atoms with Crippen molar-refractivity contribution in [3.63, 3.8) is 0 Å². The molecule has 0 radical (unpaired) electrons. The van der Waals surface area contributed by atoms with Crippen LogP contribution in [0.25, 0.3) is 0 Å². The SMILES string of the molecule is CCCC(C)N(C)S(=O)(=O)c1cnn(CCO)c1. The average Bonchev–Trinajstić information content (AvgIpc) is 2.78. The summed E-state index contributed by atoms with van der Waals surface area (Å²) in [5, 5.41) is 12.7. The summed E-state index contributed by atoms with van der Waals surface area (Å²) in [6.45, 7) is 4.14. The van der Waals surface area contributed by atoms with E-state index >= 15 is 0 Å². The predicted molar refractivity (Wildman–Crippen MR) is 68.6 cm³/mol. The maximum atomic E-state index is 12.3. The highest BCUT2D eigenvalue weighted by atomic mass is 32.2. The lowest BCUT2D eigenvalue weighted by molar-refractivity contribution is 0.269. The van der Waals surface area contributed by atoms with Gasteiger partial charge in [-0.25, -0.2) is 8.42 Å². The Hall–Kier alpha value is -0.920. The first-order valence-corrected chi connectivity index (χ1v) is 7.48. The van der Waals surface area contributed by atoms with Crippen LogP contribution >= 0.6 is 0 Å². The maximum Gasteiger partial charge on any atom is 0.246 e. The maximum absolute atomic E-state index is 12.3. The Morgan fingerprint density at radius 3 is 2.78 bits per heavy atom. The van der Waals surface area contributed by atoms with Crippen LogP contribution in [0.5, 0.6) is 0 Å². The lowest BCUT2D eigenvalue weighted by atomic mass is 10.2. The minimum atomic E-state index is -3.49. The molecule has 1 aromatic heterocycles. The number of rotatable bonds is 7. The van der Waals surface area contributed by atoms with Gasteiger partial charge in [0.2, 0.25) is 10.0 Å². The summed E-state index contributed by atoms with van der Waals surface area (Å²) in [6, 6.07) is -0.0406. The van der Waals surface area contributed by atoms with E-state index in [1.54, 1.807) is 7.05 Å². The van der Waals surface area contributed by atoms with Crippen LogP contribution in [0, 0.1) is 0 Å². The molecule has 18 heavy (non-hydrogen) atoms. The minimum Gasteiger partial charge on any atom is -0.394 e. The van der Waals surface area contributed by atoms with E-state index < -0.39 is 10.0 Å². The fourth-order valence-corrected chi connectivity index (χ4v) is 3.05. The van der Waals surface area contributed by atoms with Crippen LogP contribution in [-0.4, -0.2) is 47.3 Å². The standard InChI is InChI=1S/C11H21N3O3S/c1-4-5-10(2)13(3)18(16,17)11-8-12-14(9-11)6-7-15/h8-10,15H,4-7H2,1-3H3. The Bertz CT molecular complexity index is 470. The topological polar surface area (TPSA) is 75.4 Å². The fraction of sp³-hybridized carbons (Fsp3) is 0.727. The summed E-state index contributed by atoms with van der Waals surface area (Å²) in [7, 11) is -1.91. The van der Waals surface area contributed by atoms with Gasteiger partial charge >= 0.3 is 0 Å². The highest BCUT2D eigenvalue weighted by Gasteiger charge is 2.26. The van der Waals surface area contributed by atoms with Gasteiger partial charge in [0.05, 0.1) is 19.3 Å². The molecule has 104 valence electrons. The van der Waals surface area contributed by atoms with E-state index in [4.69, 9.17) is 5.11 Å². The smallest absolute Gasteiger partial charge is 0.246 e. The van der Waals surface area contributed by atoms with Gasteiger partial charge in [0.25, 0.3) is 0 Å². The molecule has 1 atom stereocenters. The zero-order valence-electron chi connectivity index (χ0n) is 11.1. The first-order valence-electron chi connectivity index (χ1n) is 6.04. The highest BCUT2D eigenvalue weighted by Crippen LogP contribution is 2.17. The van der Waals surface area contributed by atoms with Crippen molar-refractivity contribution in [2.75, 3.05) is 13.7 Å². The van der Waals surface area contributed by atoms with Gasteiger partial charge in [0.1, 0.15) is 4.90 Å². The van der Waals surface area contributed by atoms with Crippen molar-refractivity contribution in [1.82, 2.24) is 14.1 Å². The third-order valence-corrected chi connectivity index (χ3v) is 4.87. The molecule has 0 aliphatic carbocycles. The van der Waals surface area contributed by atoms with Crippen molar-refractivity contribution in [2.45, 2.75) is 44.2 Å². The van der Waals surface area contributed by atoms with Crippen molar-refractivity contribution >= 4 is 10.0 Å². The Labute approximate surface area is 108 Å². The van der Waals surface area contributed by atoms with Crippen LogP contribution in [0.15, 0.2) is 17.3 Å². The third kappa shape index (κ3) is 3.30. The summed E-state index contributed by atoms with van der Waals surface area (Å²) in [5.74, 6) is 0. The molecule has 0 saturated carbocycles. The fourth-order valence-electron chi connectivity index (χ4n) is 1.71. The highest BCUT2D eigenvalue weighted by molar-refractivity contribution is 7.89. The van der Waals surface area contributed by atoms with E-state index in [0.29, 0.717) is 6.54 Å². The Morgan fingerprint density at radius 1 is 1.56 bits per heavy atom. The lowest BCUT2D eigenvalue weighted by Crippen LogP contribution is -2.34. The molecule has 1 N–H and O–H groups in total. The zero-order chi connectivity index (χ0) is 13.8. The van der Waals surface area contributed by atoms with Gasteiger partial charge in [-0.15, -0.1) is 0 Å². The summed E-state index contributed by atoms with van der Waals surface area (Å²) < 4.78 is 27.3. The first kappa shape index (κ1) is 15.1. The van der Waals surface area contributed by atoms with Gasteiger partial charge in [-0.1, -0.05) is 13.3 Å². The predicted octanol–water partition coefficient (Wildman–Crippen LogP) is 0.684. The van der Waals surface area contributed by atoms with Gasteiger partial charge in [0, 0.05) is 19.3 Å². The number of aromatic nitrogens is 2. The Balaban J connectivity index is 2.90. The number of hydrogen-bond donors (Lipinski definition) is 1. The van der Waals surface area contributed by atoms with Gasteiger partial charge in [-0.3, -0.25) is 4.68 Å². The molecule has 0 aromatic carbocycles. The van der Waals surface area contributed by atoms with Crippen LogP contribution in [-0.2, 0) is 16.6 Å². The molecule has 0 saturated heterocycles. The zero-order valence-corrected chi connectivity index (χ0v) is 11.9. The molecule has 1 aromatic rings. The molecule has 1 unspecified atom stereocenters. The van der Waals surface area contributed by atoms with Crippen LogP contribution in [0.1, 0.15) is 26.7 Å². The third-order valence-electron chi connectivity index (χ3n) is 2.94. The monoisotopic (exact) mass is 275 g/mol. The van der Waals surface area contributed by atoms with Crippen molar-refractivity contribution in [3.8, 4) is 0 Å². The van der Waals surface area contributed by atoms with E-state index in [2.05, 4.69) is 5.10 Å². The van der Waals surface area contributed by atoms with E-state index in [-0.39, 0.29) is 17.5 Å². The van der Waals surface area contributed by atoms with Crippen LogP contribution < -0.4 is 0 Å². The molecule has 0 amide bonds. The van der Waals surface area contributed by atoms with E-state index in [9.17, 15) is 8.42 Å². The number of hydrogen-bond acceptors (Lipinski definition) is 4. The van der Waals surface area contributed by atoms with E-state index in [1.807, 2.05) is 13.8 Å². The molecule has 6 nitrogen and oxygen atoms in total. The normalized spacial score (nSPS) is 14.1. The average molecular weight is 275 g/mol. The number of aliphatic hydroxyl groups is 1. The van der Waals surface area contributed by atoms with Gasteiger partial charge in [-0.2, -0.15) is 9.40 Å². The summed E-state index contributed by atoms with van der Waals surface area (Å²) in [5.41, 5.74) is 0. The largest absolute Gasteiger partial charge is 0.394 e. The molecule has 0 aliphatic heterocycles. The van der Waals surface area contributed by atoms with Gasteiger partial charge < -0.3 is 5.11 Å². The molecule has 7 heteroatoms. The second-order valence-corrected chi connectivity index (χ2v) is 6.32. The van der Waals surface area contributed by atoms with Gasteiger partial charge in [0.15, 0.2) is 0 Å². The molecule has 0 spiro atoms. The van der Waals surface area contributed by atoms with Crippen molar-refractivity contribution in [1.29, 1.82) is 0 Å². The molecule has 0 fully saturated rings. The van der Waals surface area contributed by atoms with Crippen molar-refractivity contribution in [3.05, 3.63) is 12.4 Å². The lowest BCUT2D eigenvalue weighted by Gasteiger charge is -2.23. The molecule has 1 rings (SSSR count). The molecular formula is C11H21N3O3S. The van der Waals surface area contributed by atoms with Crippen LogP contribution in [0.2, 0.25) is 0 Å². The van der Waals surface area contributed by atoms with Gasteiger partial charge in [-0.05, 0) is 13.3 Å². The first-order chi connectivity index (χ1) is 8.43. The molecule has 0 aliphatic rings. The van der Waals surface area contributed by atoms with Crippen LogP contribution in [0.3, 0.4) is 0 Å². The molecular weight excluding hydrogens is 254 g/mol. The van der Waals surface area contributed by atoms with E-state index in [1.165, 1.54) is 21.4 Å². The quantitative estimate of drug-likeness (QED) is 0.794. The van der Waals surface area contributed by atoms with E-state index in [0.717, 1.165) is 12.8 Å².